The Morgan fingerprint density at radius 1 is 1.37 bits per heavy atom. The Morgan fingerprint density at radius 3 is 3.05 bits per heavy atom. The number of hydrogen-bond donors (Lipinski definition) is 1. The fraction of sp³-hybridized carbons (Fsp3) is 0.143. The average molecular weight is 272 g/mol. The Hall–Kier alpha value is -2.32. The zero-order valence-corrected chi connectivity index (χ0v) is 10.9. The fourth-order valence-corrected chi connectivity index (χ4v) is 1.92. The van der Waals surface area contributed by atoms with Gasteiger partial charge in [-0.15, -0.1) is 11.3 Å². The molecule has 19 heavy (non-hydrogen) atoms. The summed E-state index contributed by atoms with van der Waals surface area (Å²) in [4.78, 5) is 16.2. The van der Waals surface area contributed by atoms with E-state index < -0.39 is 0 Å². The van der Waals surface area contributed by atoms with Gasteiger partial charge in [0, 0.05) is 6.20 Å². The van der Waals surface area contributed by atoms with Gasteiger partial charge in [0.1, 0.15) is 12.4 Å². The predicted octanol–water partition coefficient (Wildman–Crippen LogP) is 1.96. The molecule has 0 bridgehead atoms. The van der Waals surface area contributed by atoms with Crippen LogP contribution >= 0.6 is 11.3 Å². The SMILES string of the molecule is O=C(NCC#CCOc1cccnc1)c1cccs1. The molecule has 0 unspecified atom stereocenters. The zero-order chi connectivity index (χ0) is 13.3. The molecule has 2 aromatic rings. The number of rotatable bonds is 4. The minimum Gasteiger partial charge on any atom is -0.479 e. The van der Waals surface area contributed by atoms with Crippen molar-refractivity contribution in [2.45, 2.75) is 0 Å². The predicted molar refractivity (Wildman–Crippen MR) is 74.2 cm³/mol. The standard InChI is InChI=1S/C14H12N2O2S/c17-14(13-6-4-10-19-13)16-8-1-2-9-18-12-5-3-7-15-11-12/h3-7,10-11H,8-9H2,(H,16,17). The molecular weight excluding hydrogens is 260 g/mol. The minimum absolute atomic E-state index is 0.0996. The van der Waals surface area contributed by atoms with Crippen LogP contribution in [0.1, 0.15) is 9.67 Å². The van der Waals surface area contributed by atoms with Gasteiger partial charge in [-0.1, -0.05) is 17.9 Å². The van der Waals surface area contributed by atoms with Gasteiger partial charge < -0.3 is 10.1 Å². The van der Waals surface area contributed by atoms with Gasteiger partial charge in [-0.3, -0.25) is 9.78 Å². The van der Waals surface area contributed by atoms with Gasteiger partial charge in [0.05, 0.1) is 17.6 Å². The number of hydrogen-bond acceptors (Lipinski definition) is 4. The number of nitrogens with zero attached hydrogens (tertiary/aromatic N) is 1. The van der Waals surface area contributed by atoms with E-state index in [1.54, 1.807) is 24.5 Å². The van der Waals surface area contributed by atoms with E-state index in [0.29, 0.717) is 17.2 Å². The van der Waals surface area contributed by atoms with Gasteiger partial charge in [0.15, 0.2) is 0 Å². The van der Waals surface area contributed by atoms with E-state index in [2.05, 4.69) is 22.1 Å². The number of pyridine rings is 1. The molecule has 1 N–H and O–H groups in total. The lowest BCUT2D eigenvalue weighted by atomic mass is 10.4. The summed E-state index contributed by atoms with van der Waals surface area (Å²) >= 11 is 1.40. The van der Waals surface area contributed by atoms with Gasteiger partial charge in [-0.05, 0) is 23.6 Å². The summed E-state index contributed by atoms with van der Waals surface area (Å²) < 4.78 is 5.34. The summed E-state index contributed by atoms with van der Waals surface area (Å²) in [7, 11) is 0. The van der Waals surface area contributed by atoms with E-state index in [1.807, 2.05) is 17.5 Å². The van der Waals surface area contributed by atoms with Crippen LogP contribution in [0.2, 0.25) is 0 Å². The normalized spacial score (nSPS) is 9.26. The molecule has 0 aliphatic rings. The van der Waals surface area contributed by atoms with Crippen LogP contribution < -0.4 is 10.1 Å². The third kappa shape index (κ3) is 4.45. The van der Waals surface area contributed by atoms with Crippen molar-refractivity contribution in [2.75, 3.05) is 13.2 Å². The summed E-state index contributed by atoms with van der Waals surface area (Å²) in [6, 6.07) is 7.23. The molecule has 4 nitrogen and oxygen atoms in total. The molecule has 0 radical (unpaired) electrons. The molecule has 2 aromatic heterocycles. The van der Waals surface area contributed by atoms with Crippen LogP contribution in [-0.2, 0) is 0 Å². The smallest absolute Gasteiger partial charge is 0.262 e. The maximum atomic E-state index is 11.6. The van der Waals surface area contributed by atoms with E-state index in [4.69, 9.17) is 4.74 Å². The van der Waals surface area contributed by atoms with Crippen LogP contribution in [0, 0.1) is 11.8 Å². The molecule has 96 valence electrons. The van der Waals surface area contributed by atoms with E-state index in [9.17, 15) is 4.79 Å². The fourth-order valence-electron chi connectivity index (χ4n) is 1.28. The molecule has 1 amide bonds. The van der Waals surface area contributed by atoms with Gasteiger partial charge in [-0.25, -0.2) is 0 Å². The number of nitrogens with one attached hydrogen (secondary N) is 1. The number of aromatic nitrogens is 1. The topological polar surface area (TPSA) is 51.2 Å². The Balaban J connectivity index is 1.67. The first-order valence-corrected chi connectivity index (χ1v) is 6.54. The first-order chi connectivity index (χ1) is 9.36. The molecule has 2 rings (SSSR count). The second-order valence-corrected chi connectivity index (χ2v) is 4.44. The molecule has 5 heteroatoms. The molecule has 0 atom stereocenters. The summed E-state index contributed by atoms with van der Waals surface area (Å²) in [6.07, 6.45) is 3.30. The number of carbonyl (C=O) groups excluding carboxylic acids is 1. The van der Waals surface area contributed by atoms with Crippen molar-refractivity contribution < 1.29 is 9.53 Å². The Morgan fingerprint density at radius 2 is 2.32 bits per heavy atom. The molecule has 0 spiro atoms. The summed E-state index contributed by atoms with van der Waals surface area (Å²) in [6.45, 7) is 0.591. The highest BCUT2D eigenvalue weighted by atomic mass is 32.1. The van der Waals surface area contributed by atoms with Gasteiger partial charge in [0.2, 0.25) is 0 Å². The maximum Gasteiger partial charge on any atom is 0.262 e. The Labute approximate surface area is 115 Å². The monoisotopic (exact) mass is 272 g/mol. The molecule has 2 heterocycles. The highest BCUT2D eigenvalue weighted by Crippen LogP contribution is 2.07. The summed E-state index contributed by atoms with van der Waals surface area (Å²) in [5.41, 5.74) is 0. The van der Waals surface area contributed by atoms with Crippen molar-refractivity contribution in [3.8, 4) is 17.6 Å². The first-order valence-electron chi connectivity index (χ1n) is 5.66. The average Bonchev–Trinajstić information content (AvgIpc) is 2.98. The molecular formula is C14H12N2O2S. The molecule has 0 aromatic carbocycles. The van der Waals surface area contributed by atoms with Crippen molar-refractivity contribution >= 4 is 17.2 Å². The van der Waals surface area contributed by atoms with E-state index in [1.165, 1.54) is 11.3 Å². The number of amides is 1. The van der Waals surface area contributed by atoms with Crippen LogP contribution in [0.5, 0.6) is 5.75 Å². The number of ether oxygens (including phenoxy) is 1. The lowest BCUT2D eigenvalue weighted by Crippen LogP contribution is -2.22. The Kier molecular flexibility index (Phi) is 4.96. The van der Waals surface area contributed by atoms with Gasteiger partial charge >= 0.3 is 0 Å². The van der Waals surface area contributed by atoms with Crippen LogP contribution in [-0.4, -0.2) is 24.0 Å². The third-order valence-electron chi connectivity index (χ3n) is 2.15. The lowest BCUT2D eigenvalue weighted by molar-refractivity contribution is 0.0962. The van der Waals surface area contributed by atoms with Crippen molar-refractivity contribution in [3.05, 3.63) is 46.9 Å². The van der Waals surface area contributed by atoms with Crippen molar-refractivity contribution in [3.63, 3.8) is 0 Å². The van der Waals surface area contributed by atoms with E-state index in [-0.39, 0.29) is 12.5 Å². The largest absolute Gasteiger partial charge is 0.479 e. The van der Waals surface area contributed by atoms with Crippen LogP contribution in [0.3, 0.4) is 0 Å². The maximum absolute atomic E-state index is 11.6. The second-order valence-electron chi connectivity index (χ2n) is 3.49. The molecule has 0 aliphatic carbocycles. The van der Waals surface area contributed by atoms with Crippen LogP contribution in [0.15, 0.2) is 42.0 Å². The molecule has 0 fully saturated rings. The third-order valence-corrected chi connectivity index (χ3v) is 3.02. The quantitative estimate of drug-likeness (QED) is 0.866. The number of carbonyl (C=O) groups is 1. The summed E-state index contributed by atoms with van der Waals surface area (Å²) in [5, 5.41) is 4.58. The molecule has 0 saturated heterocycles. The number of thiophene rings is 1. The van der Waals surface area contributed by atoms with Gasteiger partial charge in [0.25, 0.3) is 5.91 Å². The lowest BCUT2D eigenvalue weighted by Gasteiger charge is -1.99. The zero-order valence-electron chi connectivity index (χ0n) is 10.1. The second kappa shape index (κ2) is 7.19. The van der Waals surface area contributed by atoms with E-state index in [0.717, 1.165) is 0 Å². The van der Waals surface area contributed by atoms with Crippen LogP contribution in [0.4, 0.5) is 0 Å². The highest BCUT2D eigenvalue weighted by Gasteiger charge is 2.03. The van der Waals surface area contributed by atoms with Crippen LogP contribution in [0.25, 0.3) is 0 Å². The van der Waals surface area contributed by atoms with Crippen molar-refractivity contribution in [1.29, 1.82) is 0 Å². The van der Waals surface area contributed by atoms with Gasteiger partial charge in [-0.2, -0.15) is 0 Å². The first kappa shape index (κ1) is 13.1. The van der Waals surface area contributed by atoms with Crippen molar-refractivity contribution in [2.24, 2.45) is 0 Å². The highest BCUT2D eigenvalue weighted by molar-refractivity contribution is 7.12. The van der Waals surface area contributed by atoms with Crippen molar-refractivity contribution in [1.82, 2.24) is 10.3 Å². The molecule has 0 saturated carbocycles. The van der Waals surface area contributed by atoms with E-state index >= 15 is 0 Å². The molecule has 0 aliphatic heterocycles. The minimum atomic E-state index is -0.0996. The summed E-state index contributed by atoms with van der Waals surface area (Å²) in [5.74, 6) is 6.23. The Bertz CT molecular complexity index is 570.